The number of hydrogen-bond donors (Lipinski definition) is 1. The van der Waals surface area contributed by atoms with Crippen LogP contribution in [0.4, 0.5) is 0 Å². The van der Waals surface area contributed by atoms with E-state index in [1.54, 1.807) is 0 Å². The molecule has 0 radical (unpaired) electrons. The van der Waals surface area contributed by atoms with Crippen LogP contribution in [0.2, 0.25) is 0 Å². The minimum Gasteiger partial charge on any atom is -0.322 e. The number of likely N-dealkylation sites (tertiary alicyclic amines) is 1. The van der Waals surface area contributed by atoms with Crippen LogP contribution in [0.3, 0.4) is 0 Å². The summed E-state index contributed by atoms with van der Waals surface area (Å²) < 4.78 is 0. The number of amides is 1. The smallest absolute Gasteiger partial charge is 0.241 e. The summed E-state index contributed by atoms with van der Waals surface area (Å²) in [6.07, 6.45) is 8.98. The maximum Gasteiger partial charge on any atom is 0.241 e. The molecule has 4 aliphatic rings. The zero-order valence-electron chi connectivity index (χ0n) is 15.6. The molecule has 2 unspecified atom stereocenters. The molecule has 2 bridgehead atoms. The maximum absolute atomic E-state index is 13.0. The van der Waals surface area contributed by atoms with Gasteiger partial charge < -0.3 is 10.6 Å². The largest absolute Gasteiger partial charge is 0.322 e. The molecule has 1 amide bonds. The fourth-order valence-electron chi connectivity index (χ4n) is 6.12. The molecule has 1 aliphatic carbocycles. The molecule has 5 nitrogen and oxygen atoms in total. The SMILES string of the molecule is CCC(CC)N1C2CCC1CC([C@H](N)C(=O)N1[C@H](C#N)C[C@@H]3C[C@@H]31)C2. The first kappa shape index (κ1) is 17.3. The minimum atomic E-state index is -0.415. The average molecular weight is 345 g/mol. The van der Waals surface area contributed by atoms with Crippen LogP contribution in [-0.2, 0) is 4.79 Å². The van der Waals surface area contributed by atoms with Crippen molar-refractivity contribution in [2.75, 3.05) is 0 Å². The number of hydrogen-bond acceptors (Lipinski definition) is 4. The molecular weight excluding hydrogens is 312 g/mol. The summed E-state index contributed by atoms with van der Waals surface area (Å²) in [5.74, 6) is 0.901. The Morgan fingerprint density at radius 1 is 1.16 bits per heavy atom. The van der Waals surface area contributed by atoms with Crippen LogP contribution in [0.5, 0.6) is 0 Å². The number of carbonyl (C=O) groups is 1. The molecule has 3 heterocycles. The summed E-state index contributed by atoms with van der Waals surface area (Å²) in [6, 6.07) is 3.87. The zero-order chi connectivity index (χ0) is 17.7. The van der Waals surface area contributed by atoms with Gasteiger partial charge in [-0.25, -0.2) is 0 Å². The van der Waals surface area contributed by atoms with Crippen LogP contribution >= 0.6 is 0 Å². The highest BCUT2D eigenvalue weighted by Gasteiger charge is 2.56. The van der Waals surface area contributed by atoms with E-state index in [4.69, 9.17) is 5.73 Å². The van der Waals surface area contributed by atoms with Crippen molar-refractivity contribution < 1.29 is 4.79 Å². The van der Waals surface area contributed by atoms with Gasteiger partial charge in [0.05, 0.1) is 12.1 Å². The number of nitrogens with two attached hydrogens (primary N) is 1. The van der Waals surface area contributed by atoms with Gasteiger partial charge in [-0.15, -0.1) is 0 Å². The highest BCUT2D eigenvalue weighted by atomic mass is 16.2. The van der Waals surface area contributed by atoms with Crippen molar-refractivity contribution in [3.63, 3.8) is 0 Å². The second kappa shape index (κ2) is 6.55. The Balaban J connectivity index is 1.43. The topological polar surface area (TPSA) is 73.4 Å². The lowest BCUT2D eigenvalue weighted by atomic mass is 9.83. The van der Waals surface area contributed by atoms with Gasteiger partial charge in [0.2, 0.25) is 5.91 Å². The van der Waals surface area contributed by atoms with Gasteiger partial charge in [0.25, 0.3) is 0 Å². The molecule has 1 saturated carbocycles. The van der Waals surface area contributed by atoms with E-state index in [9.17, 15) is 10.1 Å². The molecule has 2 N–H and O–H groups in total. The monoisotopic (exact) mass is 344 g/mol. The van der Waals surface area contributed by atoms with Gasteiger partial charge in [0.15, 0.2) is 0 Å². The fourth-order valence-corrected chi connectivity index (χ4v) is 6.12. The van der Waals surface area contributed by atoms with Crippen molar-refractivity contribution in [3.05, 3.63) is 0 Å². The summed E-state index contributed by atoms with van der Waals surface area (Å²) in [5, 5.41) is 9.37. The van der Waals surface area contributed by atoms with E-state index in [2.05, 4.69) is 24.8 Å². The third-order valence-corrected chi connectivity index (χ3v) is 7.49. The summed E-state index contributed by atoms with van der Waals surface area (Å²) in [6.45, 7) is 4.58. The Morgan fingerprint density at radius 2 is 1.80 bits per heavy atom. The van der Waals surface area contributed by atoms with E-state index >= 15 is 0 Å². The normalized spacial score (nSPS) is 40.8. The van der Waals surface area contributed by atoms with Gasteiger partial charge in [-0.3, -0.25) is 9.69 Å². The van der Waals surface area contributed by atoms with Crippen LogP contribution in [0.25, 0.3) is 0 Å². The average Bonchev–Trinajstić information content (AvgIpc) is 3.23. The van der Waals surface area contributed by atoms with Crippen molar-refractivity contribution >= 4 is 5.91 Å². The number of nitriles is 1. The molecule has 3 saturated heterocycles. The van der Waals surface area contributed by atoms with Gasteiger partial charge in [0, 0.05) is 24.2 Å². The predicted octanol–water partition coefficient (Wildman–Crippen LogP) is 2.26. The van der Waals surface area contributed by atoms with Crippen molar-refractivity contribution in [1.82, 2.24) is 9.80 Å². The molecule has 138 valence electrons. The number of fused-ring (bicyclic) bond motifs is 3. The first-order valence-electron chi connectivity index (χ1n) is 10.3. The molecular formula is C20H32N4O. The number of carbonyl (C=O) groups excluding carboxylic acids is 1. The summed E-state index contributed by atoms with van der Waals surface area (Å²) in [7, 11) is 0. The van der Waals surface area contributed by atoms with E-state index < -0.39 is 6.04 Å². The molecule has 0 spiro atoms. The maximum atomic E-state index is 13.0. The van der Waals surface area contributed by atoms with E-state index in [-0.39, 0.29) is 17.9 Å². The van der Waals surface area contributed by atoms with E-state index in [1.807, 2.05) is 4.90 Å². The molecule has 0 aromatic rings. The van der Waals surface area contributed by atoms with Crippen LogP contribution in [0, 0.1) is 23.2 Å². The number of nitrogens with zero attached hydrogens (tertiary/aromatic N) is 3. The van der Waals surface area contributed by atoms with Crippen molar-refractivity contribution in [3.8, 4) is 6.07 Å². The molecule has 4 fully saturated rings. The van der Waals surface area contributed by atoms with Crippen LogP contribution < -0.4 is 5.73 Å². The van der Waals surface area contributed by atoms with Gasteiger partial charge in [-0.2, -0.15) is 5.26 Å². The molecule has 0 aromatic heterocycles. The van der Waals surface area contributed by atoms with Crippen molar-refractivity contribution in [2.24, 2.45) is 17.6 Å². The van der Waals surface area contributed by atoms with Gasteiger partial charge in [-0.05, 0) is 63.2 Å². The molecule has 0 aromatic carbocycles. The zero-order valence-corrected chi connectivity index (χ0v) is 15.6. The van der Waals surface area contributed by atoms with Crippen molar-refractivity contribution in [1.29, 1.82) is 5.26 Å². The van der Waals surface area contributed by atoms with Crippen LogP contribution in [-0.4, -0.2) is 52.0 Å². The lowest BCUT2D eigenvalue weighted by Gasteiger charge is -2.45. The Morgan fingerprint density at radius 3 is 2.36 bits per heavy atom. The molecule has 4 rings (SSSR count). The standard InChI is InChI=1S/C20H32N4O/c1-3-14(4-2)23-15-5-6-16(23)9-13(8-15)19(22)20(25)24-17(11-21)7-12-10-18(12)24/h12-19H,3-10,22H2,1-2H3/t12-,13?,15?,16?,17+,18+,19+/m1/s1. The summed E-state index contributed by atoms with van der Waals surface area (Å²) in [5.41, 5.74) is 6.49. The molecule has 6 atom stereocenters. The van der Waals surface area contributed by atoms with Gasteiger partial charge in [0.1, 0.15) is 6.04 Å². The van der Waals surface area contributed by atoms with E-state index in [0.29, 0.717) is 30.1 Å². The van der Waals surface area contributed by atoms with Crippen molar-refractivity contribution in [2.45, 2.75) is 101 Å². The highest BCUT2D eigenvalue weighted by Crippen LogP contribution is 2.48. The predicted molar refractivity (Wildman–Crippen MR) is 96.5 cm³/mol. The number of rotatable bonds is 5. The second-order valence-electron chi connectivity index (χ2n) is 8.75. The number of piperidine rings is 2. The second-order valence-corrected chi connectivity index (χ2v) is 8.75. The molecule has 5 heteroatoms. The van der Waals surface area contributed by atoms with Crippen LogP contribution in [0.15, 0.2) is 0 Å². The highest BCUT2D eigenvalue weighted by molar-refractivity contribution is 5.84. The molecule has 3 aliphatic heterocycles. The summed E-state index contributed by atoms with van der Waals surface area (Å²) in [4.78, 5) is 17.6. The Kier molecular flexibility index (Phi) is 4.54. The Labute approximate surface area is 151 Å². The Bertz CT molecular complexity index is 555. The van der Waals surface area contributed by atoms with E-state index in [1.165, 1.54) is 25.7 Å². The fraction of sp³-hybridized carbons (Fsp3) is 0.900. The van der Waals surface area contributed by atoms with Crippen LogP contribution in [0.1, 0.15) is 65.2 Å². The molecule has 25 heavy (non-hydrogen) atoms. The minimum absolute atomic E-state index is 0.0527. The lowest BCUT2D eigenvalue weighted by Crippen LogP contribution is -2.56. The van der Waals surface area contributed by atoms with E-state index in [0.717, 1.165) is 25.7 Å². The Hall–Kier alpha value is -1.12. The third kappa shape index (κ3) is 2.78. The summed E-state index contributed by atoms with van der Waals surface area (Å²) >= 11 is 0. The third-order valence-electron chi connectivity index (χ3n) is 7.49. The van der Waals surface area contributed by atoms with Gasteiger partial charge in [-0.1, -0.05) is 13.8 Å². The first-order valence-corrected chi connectivity index (χ1v) is 10.3. The quantitative estimate of drug-likeness (QED) is 0.830. The first-order chi connectivity index (χ1) is 12.1. The van der Waals surface area contributed by atoms with Gasteiger partial charge >= 0.3 is 0 Å². The lowest BCUT2D eigenvalue weighted by molar-refractivity contribution is -0.135.